The van der Waals surface area contributed by atoms with Crippen LogP contribution < -0.4 is 10.1 Å². The number of benzene rings is 1. The van der Waals surface area contributed by atoms with Gasteiger partial charge in [-0.3, -0.25) is 0 Å². The van der Waals surface area contributed by atoms with Gasteiger partial charge in [0.05, 0.1) is 17.7 Å². The molecule has 3 rings (SSSR count). The zero-order valence-electron chi connectivity index (χ0n) is 11.5. The van der Waals surface area contributed by atoms with E-state index >= 15 is 0 Å². The Kier molecular flexibility index (Phi) is 3.25. The molecule has 1 N–H and O–H groups in total. The molecular weight excluding hydrogens is 252 g/mol. The molecule has 0 atom stereocenters. The van der Waals surface area contributed by atoms with Gasteiger partial charge in [0.1, 0.15) is 23.5 Å². The maximum Gasteiger partial charge on any atom is 0.145 e. The largest absolute Gasteiger partial charge is 0.492 e. The molecule has 0 fully saturated rings. The van der Waals surface area contributed by atoms with Crippen molar-refractivity contribution in [1.29, 1.82) is 0 Å². The number of nitrogens with zero attached hydrogens (tertiary/aromatic N) is 3. The van der Waals surface area contributed by atoms with Crippen molar-refractivity contribution in [3.8, 4) is 5.75 Å². The van der Waals surface area contributed by atoms with Crippen LogP contribution in [0.3, 0.4) is 0 Å². The van der Waals surface area contributed by atoms with Gasteiger partial charge < -0.3 is 14.6 Å². The van der Waals surface area contributed by atoms with Crippen molar-refractivity contribution in [2.45, 2.75) is 6.92 Å². The van der Waals surface area contributed by atoms with E-state index in [1.807, 2.05) is 55.1 Å². The average molecular weight is 268 g/mol. The van der Waals surface area contributed by atoms with E-state index in [4.69, 9.17) is 4.74 Å². The maximum atomic E-state index is 5.62. The van der Waals surface area contributed by atoms with Crippen molar-refractivity contribution in [2.75, 3.05) is 11.9 Å². The molecule has 102 valence electrons. The molecule has 2 heterocycles. The van der Waals surface area contributed by atoms with E-state index in [0.717, 1.165) is 28.3 Å². The number of aromatic nitrogens is 3. The second kappa shape index (κ2) is 5.21. The van der Waals surface area contributed by atoms with Crippen molar-refractivity contribution in [3.05, 3.63) is 42.9 Å². The monoisotopic (exact) mass is 268 g/mol. The molecule has 0 saturated heterocycles. The molecule has 1 aromatic carbocycles. The summed E-state index contributed by atoms with van der Waals surface area (Å²) < 4.78 is 7.58. The molecule has 20 heavy (non-hydrogen) atoms. The van der Waals surface area contributed by atoms with Gasteiger partial charge in [0.15, 0.2) is 0 Å². The predicted molar refractivity (Wildman–Crippen MR) is 79.4 cm³/mol. The fourth-order valence-corrected chi connectivity index (χ4v) is 2.16. The second-order valence-electron chi connectivity index (χ2n) is 4.44. The highest BCUT2D eigenvalue weighted by Crippen LogP contribution is 2.29. The summed E-state index contributed by atoms with van der Waals surface area (Å²) in [5.41, 5.74) is 1.80. The number of hydrogen-bond acceptors (Lipinski definition) is 4. The van der Waals surface area contributed by atoms with Crippen LogP contribution in [0.25, 0.3) is 11.0 Å². The number of ether oxygens (including phenoxy) is 1. The van der Waals surface area contributed by atoms with Gasteiger partial charge in [0, 0.05) is 13.2 Å². The molecule has 0 unspecified atom stereocenters. The first-order valence-corrected chi connectivity index (χ1v) is 6.54. The normalized spacial score (nSPS) is 10.7. The second-order valence-corrected chi connectivity index (χ2v) is 4.44. The number of nitrogens with one attached hydrogen (secondary N) is 1. The Labute approximate surface area is 117 Å². The Morgan fingerprint density at radius 2 is 2.05 bits per heavy atom. The summed E-state index contributed by atoms with van der Waals surface area (Å²) >= 11 is 0. The molecule has 0 radical (unpaired) electrons. The number of fused-ring (bicyclic) bond motifs is 1. The van der Waals surface area contributed by atoms with Crippen molar-refractivity contribution >= 4 is 22.5 Å². The van der Waals surface area contributed by atoms with Gasteiger partial charge in [-0.25, -0.2) is 9.97 Å². The van der Waals surface area contributed by atoms with Crippen LogP contribution in [0, 0.1) is 0 Å². The Hall–Kier alpha value is -2.56. The molecule has 0 saturated carbocycles. The van der Waals surface area contributed by atoms with E-state index < -0.39 is 0 Å². The van der Waals surface area contributed by atoms with E-state index in [1.54, 1.807) is 6.33 Å². The average Bonchev–Trinajstić information content (AvgIpc) is 2.84. The molecule has 5 heteroatoms. The number of para-hydroxylation sites is 2. The molecule has 2 aromatic heterocycles. The number of anilines is 2. The van der Waals surface area contributed by atoms with Gasteiger partial charge in [-0.1, -0.05) is 12.1 Å². The summed E-state index contributed by atoms with van der Waals surface area (Å²) in [6.07, 6.45) is 3.53. The van der Waals surface area contributed by atoms with E-state index in [9.17, 15) is 0 Å². The van der Waals surface area contributed by atoms with Gasteiger partial charge in [0.2, 0.25) is 0 Å². The van der Waals surface area contributed by atoms with Gasteiger partial charge in [-0.2, -0.15) is 0 Å². The fraction of sp³-hybridized carbons (Fsp3) is 0.200. The third-order valence-corrected chi connectivity index (χ3v) is 3.10. The molecule has 0 bridgehead atoms. The summed E-state index contributed by atoms with van der Waals surface area (Å²) in [5.74, 6) is 1.60. The Morgan fingerprint density at radius 3 is 2.90 bits per heavy atom. The van der Waals surface area contributed by atoms with Crippen LogP contribution in [0.15, 0.2) is 42.9 Å². The predicted octanol–water partition coefficient (Wildman–Crippen LogP) is 3.11. The van der Waals surface area contributed by atoms with Crippen molar-refractivity contribution in [3.63, 3.8) is 0 Å². The Bertz CT molecular complexity index is 736. The molecule has 0 spiro atoms. The summed E-state index contributed by atoms with van der Waals surface area (Å²) in [7, 11) is 1.97. The number of hydrogen-bond donors (Lipinski definition) is 1. The van der Waals surface area contributed by atoms with E-state index in [-0.39, 0.29) is 0 Å². The third-order valence-electron chi connectivity index (χ3n) is 3.10. The van der Waals surface area contributed by atoms with Crippen LogP contribution in [-0.2, 0) is 7.05 Å². The lowest BCUT2D eigenvalue weighted by Gasteiger charge is -2.12. The zero-order valence-corrected chi connectivity index (χ0v) is 11.5. The van der Waals surface area contributed by atoms with Crippen molar-refractivity contribution < 1.29 is 4.74 Å². The van der Waals surface area contributed by atoms with Gasteiger partial charge in [-0.05, 0) is 25.1 Å². The quantitative estimate of drug-likeness (QED) is 0.790. The van der Waals surface area contributed by atoms with Crippen molar-refractivity contribution in [2.24, 2.45) is 7.05 Å². The van der Waals surface area contributed by atoms with Crippen LogP contribution in [0.2, 0.25) is 0 Å². The highest BCUT2D eigenvalue weighted by atomic mass is 16.5. The van der Waals surface area contributed by atoms with Crippen LogP contribution in [0.4, 0.5) is 11.5 Å². The van der Waals surface area contributed by atoms with E-state index in [1.165, 1.54) is 0 Å². The zero-order chi connectivity index (χ0) is 13.9. The van der Waals surface area contributed by atoms with Crippen LogP contribution in [0.1, 0.15) is 6.92 Å². The summed E-state index contributed by atoms with van der Waals surface area (Å²) in [4.78, 5) is 8.61. The Balaban J connectivity index is 2.01. The summed E-state index contributed by atoms with van der Waals surface area (Å²) in [5, 5.41) is 4.31. The van der Waals surface area contributed by atoms with E-state index in [2.05, 4.69) is 15.3 Å². The van der Waals surface area contributed by atoms with Gasteiger partial charge in [-0.15, -0.1) is 0 Å². The molecule has 3 aromatic rings. The molecule has 5 nitrogen and oxygen atoms in total. The lowest BCUT2D eigenvalue weighted by Crippen LogP contribution is -2.00. The molecule has 0 aliphatic rings. The van der Waals surface area contributed by atoms with E-state index in [0.29, 0.717) is 6.61 Å². The van der Waals surface area contributed by atoms with Gasteiger partial charge >= 0.3 is 0 Å². The smallest absolute Gasteiger partial charge is 0.145 e. The minimum Gasteiger partial charge on any atom is -0.492 e. The van der Waals surface area contributed by atoms with Gasteiger partial charge in [0.25, 0.3) is 0 Å². The minimum atomic E-state index is 0.628. The molecular formula is C15H16N4O. The minimum absolute atomic E-state index is 0.628. The Morgan fingerprint density at radius 1 is 1.20 bits per heavy atom. The standard InChI is InChI=1S/C15H16N4O/c1-3-20-13-7-5-4-6-12(13)18-14-11-8-9-19(2)15(11)17-10-16-14/h4-10H,3H2,1-2H3,(H,16,17,18). The molecule has 0 aliphatic carbocycles. The topological polar surface area (TPSA) is 52.0 Å². The molecule has 0 aliphatic heterocycles. The highest BCUT2D eigenvalue weighted by molar-refractivity contribution is 5.89. The van der Waals surface area contributed by atoms with Crippen LogP contribution in [0.5, 0.6) is 5.75 Å². The highest BCUT2D eigenvalue weighted by Gasteiger charge is 2.09. The molecule has 0 amide bonds. The van der Waals surface area contributed by atoms with Crippen molar-refractivity contribution in [1.82, 2.24) is 14.5 Å². The number of aryl methyl sites for hydroxylation is 1. The first-order valence-electron chi connectivity index (χ1n) is 6.54. The first-order chi connectivity index (χ1) is 9.79. The first kappa shape index (κ1) is 12.5. The third kappa shape index (κ3) is 2.18. The maximum absolute atomic E-state index is 5.62. The lowest BCUT2D eigenvalue weighted by atomic mass is 10.2. The summed E-state index contributed by atoms with van der Waals surface area (Å²) in [6, 6.07) is 9.83. The number of rotatable bonds is 4. The van der Waals surface area contributed by atoms with Crippen LogP contribution >= 0.6 is 0 Å². The SMILES string of the molecule is CCOc1ccccc1Nc1ncnc2c1ccn2C. The fourth-order valence-electron chi connectivity index (χ4n) is 2.16. The van der Waals surface area contributed by atoms with Crippen LogP contribution in [-0.4, -0.2) is 21.1 Å². The lowest BCUT2D eigenvalue weighted by molar-refractivity contribution is 0.342. The summed E-state index contributed by atoms with van der Waals surface area (Å²) in [6.45, 7) is 2.60.